The highest BCUT2D eigenvalue weighted by Crippen LogP contribution is 2.15. The molecular weight excluding hydrogens is 244 g/mol. The fourth-order valence-corrected chi connectivity index (χ4v) is 2.60. The van der Waals surface area contributed by atoms with E-state index in [4.69, 9.17) is 5.11 Å². The fraction of sp³-hybridized carbons (Fsp3) is 0.857. The topological polar surface area (TPSA) is 78.4 Å². The largest absolute Gasteiger partial charge is 0.481 e. The van der Waals surface area contributed by atoms with Crippen molar-refractivity contribution in [2.45, 2.75) is 52.0 Å². The van der Waals surface area contributed by atoms with Gasteiger partial charge in [-0.15, -0.1) is 0 Å². The van der Waals surface area contributed by atoms with E-state index in [1.165, 1.54) is 0 Å². The van der Waals surface area contributed by atoms with Crippen molar-refractivity contribution < 1.29 is 14.7 Å². The van der Waals surface area contributed by atoms with Crippen LogP contribution in [0.15, 0.2) is 0 Å². The Labute approximate surface area is 115 Å². The van der Waals surface area contributed by atoms with Gasteiger partial charge in [0.2, 0.25) is 5.91 Å². The molecule has 5 nitrogen and oxygen atoms in total. The molecule has 1 rings (SSSR count). The van der Waals surface area contributed by atoms with Gasteiger partial charge >= 0.3 is 5.97 Å². The third-order valence-electron chi connectivity index (χ3n) is 3.46. The van der Waals surface area contributed by atoms with Gasteiger partial charge < -0.3 is 15.7 Å². The SMILES string of the molecule is CC(C)CC(CNC(=O)[C@H]1CCCCN1)CC(=O)O. The second-order valence-electron chi connectivity index (χ2n) is 5.84. The molecule has 0 aliphatic carbocycles. The summed E-state index contributed by atoms with van der Waals surface area (Å²) in [5, 5.41) is 15.0. The monoisotopic (exact) mass is 270 g/mol. The highest BCUT2D eigenvalue weighted by Gasteiger charge is 2.22. The van der Waals surface area contributed by atoms with Gasteiger partial charge in [0.15, 0.2) is 0 Å². The normalized spacial score (nSPS) is 21.1. The third kappa shape index (κ3) is 6.57. The van der Waals surface area contributed by atoms with Crippen LogP contribution in [0.1, 0.15) is 46.0 Å². The summed E-state index contributed by atoms with van der Waals surface area (Å²) >= 11 is 0. The van der Waals surface area contributed by atoms with Crippen LogP contribution in [0.5, 0.6) is 0 Å². The maximum Gasteiger partial charge on any atom is 0.303 e. The lowest BCUT2D eigenvalue weighted by atomic mass is 9.94. The zero-order chi connectivity index (χ0) is 14.3. The number of carboxylic acid groups (broad SMARTS) is 1. The van der Waals surface area contributed by atoms with Gasteiger partial charge in [0, 0.05) is 13.0 Å². The molecule has 1 fully saturated rings. The summed E-state index contributed by atoms with van der Waals surface area (Å²) in [6.07, 6.45) is 4.02. The van der Waals surface area contributed by atoms with Crippen molar-refractivity contribution in [3.8, 4) is 0 Å². The maximum absolute atomic E-state index is 12.0. The number of aliphatic carboxylic acids is 1. The third-order valence-corrected chi connectivity index (χ3v) is 3.46. The molecule has 1 unspecified atom stereocenters. The Kier molecular flexibility index (Phi) is 6.84. The Hall–Kier alpha value is -1.10. The molecular formula is C14H26N2O3. The summed E-state index contributed by atoms with van der Waals surface area (Å²) in [6, 6.07) is -0.0988. The first-order valence-corrected chi connectivity index (χ1v) is 7.22. The zero-order valence-electron chi connectivity index (χ0n) is 11.9. The van der Waals surface area contributed by atoms with E-state index in [0.29, 0.717) is 12.5 Å². The van der Waals surface area contributed by atoms with Crippen LogP contribution in [0, 0.1) is 11.8 Å². The molecule has 0 spiro atoms. The first-order chi connectivity index (χ1) is 8.99. The van der Waals surface area contributed by atoms with Gasteiger partial charge in [-0.2, -0.15) is 0 Å². The van der Waals surface area contributed by atoms with Gasteiger partial charge in [-0.25, -0.2) is 0 Å². The summed E-state index contributed by atoms with van der Waals surface area (Å²) in [6.45, 7) is 5.49. The minimum absolute atomic E-state index is 0.0128. The minimum atomic E-state index is -0.796. The van der Waals surface area contributed by atoms with Crippen molar-refractivity contribution in [2.75, 3.05) is 13.1 Å². The average molecular weight is 270 g/mol. The molecule has 19 heavy (non-hydrogen) atoms. The van der Waals surface area contributed by atoms with Crippen LogP contribution in [0.2, 0.25) is 0 Å². The Bertz CT molecular complexity index is 299. The van der Waals surface area contributed by atoms with Gasteiger partial charge in [0.1, 0.15) is 0 Å². The van der Waals surface area contributed by atoms with Gasteiger partial charge in [-0.05, 0) is 37.6 Å². The van der Waals surface area contributed by atoms with E-state index in [-0.39, 0.29) is 24.3 Å². The molecule has 110 valence electrons. The van der Waals surface area contributed by atoms with Crippen LogP contribution in [0.25, 0.3) is 0 Å². The Balaban J connectivity index is 2.36. The standard InChI is InChI=1S/C14H26N2O3/c1-10(2)7-11(8-13(17)18)9-16-14(19)12-5-3-4-6-15-12/h10-12,15H,3-9H2,1-2H3,(H,16,19)(H,17,18)/t11?,12-/m1/s1. The predicted molar refractivity (Wildman–Crippen MR) is 73.8 cm³/mol. The maximum atomic E-state index is 12.0. The molecule has 1 aliphatic heterocycles. The van der Waals surface area contributed by atoms with E-state index in [1.807, 2.05) is 0 Å². The lowest BCUT2D eigenvalue weighted by Gasteiger charge is -2.24. The van der Waals surface area contributed by atoms with Crippen LogP contribution in [0.3, 0.4) is 0 Å². The molecule has 0 aromatic heterocycles. The Morgan fingerprint density at radius 2 is 2.11 bits per heavy atom. The molecule has 0 bridgehead atoms. The van der Waals surface area contributed by atoms with Gasteiger partial charge in [0.05, 0.1) is 6.04 Å². The number of carbonyl (C=O) groups excluding carboxylic acids is 1. The van der Waals surface area contributed by atoms with Crippen molar-refractivity contribution in [3.63, 3.8) is 0 Å². The van der Waals surface area contributed by atoms with E-state index >= 15 is 0 Å². The van der Waals surface area contributed by atoms with Crippen LogP contribution in [-0.4, -0.2) is 36.1 Å². The summed E-state index contributed by atoms with van der Waals surface area (Å²) in [7, 11) is 0. The summed E-state index contributed by atoms with van der Waals surface area (Å²) < 4.78 is 0. The molecule has 0 saturated carbocycles. The molecule has 0 aromatic rings. The molecule has 1 heterocycles. The van der Waals surface area contributed by atoms with Crippen LogP contribution < -0.4 is 10.6 Å². The summed E-state index contributed by atoms with van der Waals surface area (Å²) in [5.41, 5.74) is 0. The van der Waals surface area contributed by atoms with Crippen LogP contribution in [-0.2, 0) is 9.59 Å². The smallest absolute Gasteiger partial charge is 0.303 e. The molecule has 1 aliphatic rings. The van der Waals surface area contributed by atoms with Gasteiger partial charge in [0.25, 0.3) is 0 Å². The molecule has 5 heteroatoms. The van der Waals surface area contributed by atoms with Crippen LogP contribution in [0.4, 0.5) is 0 Å². The molecule has 2 atom stereocenters. The second-order valence-corrected chi connectivity index (χ2v) is 5.84. The van der Waals surface area contributed by atoms with Crippen molar-refractivity contribution in [3.05, 3.63) is 0 Å². The zero-order valence-corrected chi connectivity index (χ0v) is 11.9. The quantitative estimate of drug-likeness (QED) is 0.653. The van der Waals surface area contributed by atoms with Gasteiger partial charge in [-0.3, -0.25) is 9.59 Å². The van der Waals surface area contributed by atoms with Gasteiger partial charge in [-0.1, -0.05) is 20.3 Å². The number of carbonyl (C=O) groups is 2. The summed E-state index contributed by atoms with van der Waals surface area (Å²) in [5.74, 6) is -0.325. The molecule has 1 saturated heterocycles. The number of hydrogen-bond donors (Lipinski definition) is 3. The number of piperidine rings is 1. The molecule has 0 aromatic carbocycles. The minimum Gasteiger partial charge on any atom is -0.481 e. The number of rotatable bonds is 7. The Morgan fingerprint density at radius 3 is 2.63 bits per heavy atom. The molecule has 3 N–H and O–H groups in total. The van der Waals surface area contributed by atoms with E-state index in [2.05, 4.69) is 24.5 Å². The van der Waals surface area contributed by atoms with E-state index < -0.39 is 5.97 Å². The Morgan fingerprint density at radius 1 is 1.37 bits per heavy atom. The lowest BCUT2D eigenvalue weighted by molar-refractivity contribution is -0.138. The highest BCUT2D eigenvalue weighted by atomic mass is 16.4. The van der Waals surface area contributed by atoms with Crippen molar-refractivity contribution in [2.24, 2.45) is 11.8 Å². The van der Waals surface area contributed by atoms with Crippen molar-refractivity contribution >= 4 is 11.9 Å². The van der Waals surface area contributed by atoms with E-state index in [1.54, 1.807) is 0 Å². The second kappa shape index (κ2) is 8.15. The van der Waals surface area contributed by atoms with E-state index in [9.17, 15) is 9.59 Å². The van der Waals surface area contributed by atoms with Crippen LogP contribution >= 0.6 is 0 Å². The van der Waals surface area contributed by atoms with Crippen molar-refractivity contribution in [1.29, 1.82) is 0 Å². The predicted octanol–water partition coefficient (Wildman–Crippen LogP) is 1.38. The number of hydrogen-bond acceptors (Lipinski definition) is 3. The van der Waals surface area contributed by atoms with E-state index in [0.717, 1.165) is 32.2 Å². The average Bonchev–Trinajstić information content (AvgIpc) is 2.35. The molecule has 1 amide bonds. The number of amides is 1. The fourth-order valence-electron chi connectivity index (χ4n) is 2.60. The van der Waals surface area contributed by atoms with Crippen molar-refractivity contribution in [1.82, 2.24) is 10.6 Å². The highest BCUT2D eigenvalue weighted by molar-refractivity contribution is 5.81. The molecule has 0 radical (unpaired) electrons. The first kappa shape index (κ1) is 16.0. The number of nitrogens with one attached hydrogen (secondary N) is 2. The number of carboxylic acids is 1. The lowest BCUT2D eigenvalue weighted by Crippen LogP contribution is -2.47. The first-order valence-electron chi connectivity index (χ1n) is 7.22. The summed E-state index contributed by atoms with van der Waals surface area (Å²) in [4.78, 5) is 22.8.